The molecule has 2 aromatic rings. The first-order chi connectivity index (χ1) is 8.61. The van der Waals surface area contributed by atoms with E-state index in [1.165, 1.54) is 12.1 Å². The normalized spacial score (nSPS) is 10.7. The Morgan fingerprint density at radius 3 is 2.78 bits per heavy atom. The average molecular weight is 253 g/mol. The van der Waals surface area contributed by atoms with Crippen molar-refractivity contribution < 1.29 is 17.9 Å². The number of furan rings is 1. The van der Waals surface area contributed by atoms with Gasteiger partial charge in [-0.25, -0.2) is 4.39 Å². The predicted molar refractivity (Wildman–Crippen MR) is 62.0 cm³/mol. The van der Waals surface area contributed by atoms with Crippen LogP contribution in [0.1, 0.15) is 17.1 Å². The molecular weight excluding hydrogens is 240 g/mol. The van der Waals surface area contributed by atoms with Crippen molar-refractivity contribution in [2.75, 3.05) is 0 Å². The summed E-state index contributed by atoms with van der Waals surface area (Å²) >= 11 is 0. The molecule has 0 saturated heterocycles. The van der Waals surface area contributed by atoms with E-state index < -0.39 is 11.6 Å². The van der Waals surface area contributed by atoms with E-state index in [9.17, 15) is 8.78 Å². The third-order valence-corrected chi connectivity index (χ3v) is 2.57. The van der Waals surface area contributed by atoms with Crippen molar-refractivity contribution in [3.05, 3.63) is 53.0 Å². The summed E-state index contributed by atoms with van der Waals surface area (Å²) in [5.41, 5.74) is 6.20. The zero-order chi connectivity index (χ0) is 13.1. The second-order valence-electron chi connectivity index (χ2n) is 3.84. The summed E-state index contributed by atoms with van der Waals surface area (Å²) < 4.78 is 36.8. The van der Waals surface area contributed by atoms with Gasteiger partial charge in [0.15, 0.2) is 11.6 Å². The number of benzene rings is 1. The third kappa shape index (κ3) is 2.51. The summed E-state index contributed by atoms with van der Waals surface area (Å²) in [5.74, 6) is -0.750. The van der Waals surface area contributed by atoms with Gasteiger partial charge in [0.05, 0.1) is 6.54 Å². The van der Waals surface area contributed by atoms with E-state index in [2.05, 4.69) is 0 Å². The number of nitrogens with two attached hydrogens (primary N) is 1. The van der Waals surface area contributed by atoms with Crippen molar-refractivity contribution in [1.29, 1.82) is 0 Å². The average Bonchev–Trinajstić information content (AvgIpc) is 2.72. The van der Waals surface area contributed by atoms with Crippen LogP contribution >= 0.6 is 0 Å². The maximum atomic E-state index is 13.3. The van der Waals surface area contributed by atoms with Crippen molar-refractivity contribution in [3.63, 3.8) is 0 Å². The Hall–Kier alpha value is -1.88. The molecule has 2 N–H and O–H groups in total. The summed E-state index contributed by atoms with van der Waals surface area (Å²) in [4.78, 5) is 0. The van der Waals surface area contributed by atoms with E-state index in [-0.39, 0.29) is 18.9 Å². The van der Waals surface area contributed by atoms with Gasteiger partial charge in [0.2, 0.25) is 5.82 Å². The molecule has 0 fully saturated rings. The predicted octanol–water partition coefficient (Wildman–Crippen LogP) is 2.90. The van der Waals surface area contributed by atoms with Gasteiger partial charge in [-0.1, -0.05) is 6.07 Å². The monoisotopic (exact) mass is 253 g/mol. The molecule has 0 radical (unpaired) electrons. The van der Waals surface area contributed by atoms with Crippen LogP contribution in [-0.2, 0) is 13.2 Å². The number of ether oxygens (including phenoxy) is 1. The molecule has 0 bridgehead atoms. The van der Waals surface area contributed by atoms with Gasteiger partial charge in [-0.2, -0.15) is 4.39 Å². The fraction of sp³-hybridized carbons (Fsp3) is 0.231. The zero-order valence-electron chi connectivity index (χ0n) is 9.87. The Morgan fingerprint density at radius 2 is 2.11 bits per heavy atom. The lowest BCUT2D eigenvalue weighted by atomic mass is 10.2. The van der Waals surface area contributed by atoms with Crippen LogP contribution in [0.4, 0.5) is 8.78 Å². The van der Waals surface area contributed by atoms with Gasteiger partial charge in [-0.15, -0.1) is 0 Å². The van der Waals surface area contributed by atoms with Crippen LogP contribution in [0.25, 0.3) is 0 Å². The first-order valence-corrected chi connectivity index (χ1v) is 5.47. The molecule has 0 aliphatic carbocycles. The van der Waals surface area contributed by atoms with Crippen LogP contribution in [0.5, 0.6) is 5.75 Å². The first kappa shape index (κ1) is 12.6. The summed E-state index contributed by atoms with van der Waals surface area (Å²) in [5, 5.41) is 0. The molecule has 18 heavy (non-hydrogen) atoms. The van der Waals surface area contributed by atoms with Gasteiger partial charge >= 0.3 is 0 Å². The molecule has 1 aromatic carbocycles. The SMILES string of the molecule is Cc1oc(CN)cc1COc1cccc(F)c1F. The quantitative estimate of drug-likeness (QED) is 0.911. The minimum absolute atomic E-state index is 0.107. The summed E-state index contributed by atoms with van der Waals surface area (Å²) in [6, 6.07) is 5.54. The molecule has 96 valence electrons. The Balaban J connectivity index is 2.11. The summed E-state index contributed by atoms with van der Waals surface area (Å²) in [6.07, 6.45) is 0. The van der Waals surface area contributed by atoms with E-state index in [0.29, 0.717) is 11.5 Å². The Labute approximate surface area is 103 Å². The van der Waals surface area contributed by atoms with Crippen LogP contribution < -0.4 is 10.5 Å². The van der Waals surface area contributed by atoms with Gasteiger partial charge in [-0.3, -0.25) is 0 Å². The van der Waals surface area contributed by atoms with E-state index >= 15 is 0 Å². The lowest BCUT2D eigenvalue weighted by Crippen LogP contribution is -1.99. The van der Waals surface area contributed by atoms with E-state index in [4.69, 9.17) is 14.9 Å². The van der Waals surface area contributed by atoms with E-state index in [1.54, 1.807) is 13.0 Å². The lowest BCUT2D eigenvalue weighted by Gasteiger charge is -2.06. The van der Waals surface area contributed by atoms with Gasteiger partial charge in [0.1, 0.15) is 18.1 Å². The maximum absolute atomic E-state index is 13.3. The van der Waals surface area contributed by atoms with Crippen molar-refractivity contribution in [2.45, 2.75) is 20.1 Å². The first-order valence-electron chi connectivity index (χ1n) is 5.47. The Bertz CT molecular complexity index is 552. The number of halogens is 2. The van der Waals surface area contributed by atoms with Crippen LogP contribution in [0, 0.1) is 18.6 Å². The largest absolute Gasteiger partial charge is 0.486 e. The highest BCUT2D eigenvalue weighted by molar-refractivity contribution is 5.26. The fourth-order valence-corrected chi connectivity index (χ4v) is 1.58. The Kier molecular flexibility index (Phi) is 3.62. The molecule has 3 nitrogen and oxygen atoms in total. The summed E-state index contributed by atoms with van der Waals surface area (Å²) in [6.45, 7) is 2.16. The molecule has 0 amide bonds. The molecule has 0 spiro atoms. The molecule has 1 aromatic heterocycles. The minimum atomic E-state index is -0.988. The number of hydrogen-bond acceptors (Lipinski definition) is 3. The lowest BCUT2D eigenvalue weighted by molar-refractivity contribution is 0.282. The van der Waals surface area contributed by atoms with Crippen LogP contribution in [0.15, 0.2) is 28.7 Å². The van der Waals surface area contributed by atoms with Crippen LogP contribution in [0.2, 0.25) is 0 Å². The number of rotatable bonds is 4. The maximum Gasteiger partial charge on any atom is 0.200 e. The smallest absolute Gasteiger partial charge is 0.200 e. The molecule has 0 aliphatic rings. The molecule has 0 saturated carbocycles. The van der Waals surface area contributed by atoms with Gasteiger partial charge in [0, 0.05) is 5.56 Å². The fourth-order valence-electron chi connectivity index (χ4n) is 1.58. The van der Waals surface area contributed by atoms with Crippen molar-refractivity contribution in [2.24, 2.45) is 5.73 Å². The van der Waals surface area contributed by atoms with Crippen molar-refractivity contribution in [1.82, 2.24) is 0 Å². The highest BCUT2D eigenvalue weighted by atomic mass is 19.2. The van der Waals surface area contributed by atoms with Gasteiger partial charge < -0.3 is 14.9 Å². The second-order valence-corrected chi connectivity index (χ2v) is 3.84. The van der Waals surface area contributed by atoms with Gasteiger partial charge in [0.25, 0.3) is 0 Å². The molecule has 0 atom stereocenters. The van der Waals surface area contributed by atoms with Crippen LogP contribution in [0.3, 0.4) is 0 Å². The molecule has 0 aliphatic heterocycles. The Morgan fingerprint density at radius 1 is 1.33 bits per heavy atom. The topological polar surface area (TPSA) is 48.4 Å². The van der Waals surface area contributed by atoms with Crippen LogP contribution in [-0.4, -0.2) is 0 Å². The standard InChI is InChI=1S/C13H13F2NO2/c1-8-9(5-10(6-16)18-8)7-17-12-4-2-3-11(14)13(12)15/h2-5H,6-7,16H2,1H3. The summed E-state index contributed by atoms with van der Waals surface area (Å²) in [7, 11) is 0. The number of hydrogen-bond donors (Lipinski definition) is 1. The van der Waals surface area contributed by atoms with E-state index in [0.717, 1.165) is 11.6 Å². The molecule has 1 heterocycles. The zero-order valence-corrected chi connectivity index (χ0v) is 9.87. The molecule has 0 unspecified atom stereocenters. The second kappa shape index (κ2) is 5.18. The highest BCUT2D eigenvalue weighted by Crippen LogP contribution is 2.22. The molecule has 2 rings (SSSR count). The minimum Gasteiger partial charge on any atom is -0.486 e. The van der Waals surface area contributed by atoms with E-state index in [1.807, 2.05) is 0 Å². The highest BCUT2D eigenvalue weighted by Gasteiger charge is 2.11. The molecular formula is C13H13F2NO2. The number of aryl methyl sites for hydroxylation is 1. The third-order valence-electron chi connectivity index (χ3n) is 2.57. The van der Waals surface area contributed by atoms with Crippen molar-refractivity contribution in [3.8, 4) is 5.75 Å². The van der Waals surface area contributed by atoms with Crippen molar-refractivity contribution >= 4 is 0 Å². The molecule has 5 heteroatoms. The van der Waals surface area contributed by atoms with Gasteiger partial charge in [-0.05, 0) is 25.1 Å².